The number of anilines is 1. The maximum Gasteiger partial charge on any atom is 0.416 e. The van der Waals surface area contributed by atoms with Crippen molar-refractivity contribution in [3.05, 3.63) is 88.4 Å². The van der Waals surface area contributed by atoms with Gasteiger partial charge in [-0.3, -0.25) is 9.52 Å². The molecule has 3 aromatic rings. The third kappa shape index (κ3) is 6.97. The maximum atomic E-state index is 12.8. The van der Waals surface area contributed by atoms with E-state index in [2.05, 4.69) is 26.0 Å². The quantitative estimate of drug-likeness (QED) is 0.382. The summed E-state index contributed by atoms with van der Waals surface area (Å²) in [5.74, 6) is -0.112. The molecule has 0 radical (unpaired) electrons. The summed E-state index contributed by atoms with van der Waals surface area (Å²) in [4.78, 5) is 12.0. The van der Waals surface area contributed by atoms with Crippen molar-refractivity contribution in [1.82, 2.24) is 5.32 Å². The van der Waals surface area contributed by atoms with E-state index in [1.165, 1.54) is 30.3 Å². The molecule has 0 bridgehead atoms. The fraction of sp³-hybridized carbons (Fsp3) is 0.174. The number of rotatable bonds is 8. The Morgan fingerprint density at radius 2 is 1.71 bits per heavy atom. The summed E-state index contributed by atoms with van der Waals surface area (Å²) in [6, 6.07) is 16.3. The molecule has 0 aromatic heterocycles. The summed E-state index contributed by atoms with van der Waals surface area (Å²) in [6.45, 7) is 1.55. The van der Waals surface area contributed by atoms with Crippen LogP contribution in [0.15, 0.2) is 82.2 Å². The van der Waals surface area contributed by atoms with Crippen molar-refractivity contribution < 1.29 is 31.1 Å². The van der Waals surface area contributed by atoms with E-state index < -0.39 is 21.8 Å². The summed E-state index contributed by atoms with van der Waals surface area (Å²) in [5.41, 5.74) is -0.277. The van der Waals surface area contributed by atoms with Gasteiger partial charge in [-0.1, -0.05) is 34.1 Å². The van der Waals surface area contributed by atoms with E-state index >= 15 is 0 Å². The highest BCUT2D eigenvalue weighted by Crippen LogP contribution is 2.31. The second kappa shape index (κ2) is 10.5. The van der Waals surface area contributed by atoms with Crippen LogP contribution < -0.4 is 14.8 Å². The molecule has 6 nitrogen and oxygen atoms in total. The van der Waals surface area contributed by atoms with Crippen LogP contribution in [0, 0.1) is 0 Å². The summed E-state index contributed by atoms with van der Waals surface area (Å²) in [6.07, 6.45) is -4.59. The Balaban J connectivity index is 1.58. The van der Waals surface area contributed by atoms with E-state index in [4.69, 9.17) is 4.74 Å². The van der Waals surface area contributed by atoms with Crippen LogP contribution in [0.3, 0.4) is 0 Å². The van der Waals surface area contributed by atoms with Crippen LogP contribution in [0.1, 0.15) is 24.1 Å². The first kappa shape index (κ1) is 25.6. The number of sulfonamides is 1. The monoisotopic (exact) mass is 556 g/mol. The molecular weight excluding hydrogens is 537 g/mol. The van der Waals surface area contributed by atoms with Crippen molar-refractivity contribution in [3.63, 3.8) is 0 Å². The third-order valence-electron chi connectivity index (χ3n) is 4.67. The molecule has 0 saturated carbocycles. The van der Waals surface area contributed by atoms with Crippen LogP contribution in [-0.4, -0.2) is 20.9 Å². The molecule has 0 aliphatic heterocycles. The number of ether oxygens (including phenoxy) is 1. The number of amides is 1. The van der Waals surface area contributed by atoms with Gasteiger partial charge in [0, 0.05) is 10.2 Å². The van der Waals surface area contributed by atoms with Crippen LogP contribution in [0.2, 0.25) is 0 Å². The maximum absolute atomic E-state index is 12.8. The van der Waals surface area contributed by atoms with E-state index in [9.17, 15) is 26.4 Å². The zero-order chi connectivity index (χ0) is 24.9. The van der Waals surface area contributed by atoms with Crippen LogP contribution in [-0.2, 0) is 21.0 Å². The topological polar surface area (TPSA) is 84.5 Å². The Bertz CT molecular complexity index is 1270. The van der Waals surface area contributed by atoms with E-state index in [0.29, 0.717) is 6.07 Å². The molecule has 0 unspecified atom stereocenters. The molecule has 3 rings (SSSR count). The van der Waals surface area contributed by atoms with Crippen LogP contribution in [0.4, 0.5) is 18.9 Å². The van der Waals surface area contributed by atoms with Gasteiger partial charge < -0.3 is 10.1 Å². The van der Waals surface area contributed by atoms with Gasteiger partial charge >= 0.3 is 6.18 Å². The van der Waals surface area contributed by atoms with Crippen molar-refractivity contribution in [1.29, 1.82) is 0 Å². The minimum absolute atomic E-state index is 0.176. The smallest absolute Gasteiger partial charge is 0.416 e. The highest BCUT2D eigenvalue weighted by molar-refractivity contribution is 9.10. The van der Waals surface area contributed by atoms with Gasteiger partial charge in [0.1, 0.15) is 5.75 Å². The lowest BCUT2D eigenvalue weighted by Crippen LogP contribution is -2.31. The Morgan fingerprint density at radius 3 is 2.35 bits per heavy atom. The first-order valence-corrected chi connectivity index (χ1v) is 12.2. The van der Waals surface area contributed by atoms with Gasteiger partial charge in [0.05, 0.1) is 16.5 Å². The standard InChI is InChI=1S/C23H20BrF3N2O4S/c1-15(16-4-2-6-18(24)12-16)28-22(30)14-33-20-8-10-21(11-9-20)34(31,32)29-19-7-3-5-17(13-19)23(25,26)27/h2-13,15,29H,14H2,1H3,(H,28,30)/t15-/m1/s1. The number of alkyl halides is 3. The van der Waals surface area contributed by atoms with Crippen LogP contribution >= 0.6 is 15.9 Å². The fourth-order valence-electron chi connectivity index (χ4n) is 2.98. The molecule has 0 saturated heterocycles. The third-order valence-corrected chi connectivity index (χ3v) is 6.56. The summed E-state index contributed by atoms with van der Waals surface area (Å²) in [7, 11) is -4.13. The van der Waals surface area contributed by atoms with Gasteiger partial charge in [-0.2, -0.15) is 13.2 Å². The fourth-order valence-corrected chi connectivity index (χ4v) is 4.45. The Morgan fingerprint density at radius 1 is 1.03 bits per heavy atom. The first-order chi connectivity index (χ1) is 15.9. The van der Waals surface area contributed by atoms with E-state index in [1.54, 1.807) is 0 Å². The lowest BCUT2D eigenvalue weighted by atomic mass is 10.1. The number of carbonyl (C=O) groups excluding carboxylic acids is 1. The van der Waals surface area contributed by atoms with Gasteiger partial charge in [0.15, 0.2) is 6.61 Å². The number of halogens is 4. The van der Waals surface area contributed by atoms with Crippen molar-refractivity contribution in [2.45, 2.75) is 24.0 Å². The molecule has 11 heteroatoms. The minimum atomic E-state index is -4.59. The number of carbonyl (C=O) groups is 1. The van der Waals surface area contributed by atoms with Crippen molar-refractivity contribution >= 4 is 37.5 Å². The zero-order valence-corrected chi connectivity index (χ0v) is 20.2. The Kier molecular flexibility index (Phi) is 7.88. The van der Waals surface area contributed by atoms with Crippen molar-refractivity contribution in [2.24, 2.45) is 0 Å². The molecule has 34 heavy (non-hydrogen) atoms. The van der Waals surface area contributed by atoms with Gasteiger partial charge in [0.2, 0.25) is 0 Å². The SMILES string of the molecule is C[C@@H](NC(=O)COc1ccc(S(=O)(=O)Nc2cccc(C(F)(F)F)c2)cc1)c1cccc(Br)c1. The van der Waals surface area contributed by atoms with E-state index in [0.717, 1.165) is 22.2 Å². The molecular formula is C23H20BrF3N2O4S. The lowest BCUT2D eigenvalue weighted by molar-refractivity contribution is -0.137. The van der Waals surface area contributed by atoms with E-state index in [-0.39, 0.29) is 34.9 Å². The zero-order valence-electron chi connectivity index (χ0n) is 17.8. The molecule has 0 aliphatic rings. The normalized spacial score (nSPS) is 12.6. The molecule has 0 aliphatic carbocycles. The highest BCUT2D eigenvalue weighted by atomic mass is 79.9. The average molecular weight is 557 g/mol. The number of hydrogen-bond donors (Lipinski definition) is 2. The lowest BCUT2D eigenvalue weighted by Gasteiger charge is -2.15. The van der Waals surface area contributed by atoms with Crippen LogP contribution in [0.25, 0.3) is 0 Å². The average Bonchev–Trinajstić information content (AvgIpc) is 2.77. The summed E-state index contributed by atoms with van der Waals surface area (Å²) in [5, 5.41) is 2.80. The largest absolute Gasteiger partial charge is 0.484 e. The number of benzene rings is 3. The second-order valence-corrected chi connectivity index (χ2v) is 9.89. The molecule has 2 N–H and O–H groups in total. The van der Waals surface area contributed by atoms with Gasteiger partial charge in [-0.25, -0.2) is 8.42 Å². The highest BCUT2D eigenvalue weighted by Gasteiger charge is 2.30. The first-order valence-electron chi connectivity index (χ1n) is 9.92. The molecule has 0 fully saturated rings. The molecule has 1 atom stereocenters. The van der Waals surface area contributed by atoms with Crippen molar-refractivity contribution in [2.75, 3.05) is 11.3 Å². The minimum Gasteiger partial charge on any atom is -0.484 e. The predicted molar refractivity (Wildman–Crippen MR) is 125 cm³/mol. The summed E-state index contributed by atoms with van der Waals surface area (Å²) >= 11 is 3.38. The molecule has 3 aromatic carbocycles. The molecule has 0 spiro atoms. The number of hydrogen-bond acceptors (Lipinski definition) is 4. The molecule has 1 amide bonds. The van der Waals surface area contributed by atoms with Gasteiger partial charge in [-0.15, -0.1) is 0 Å². The Hall–Kier alpha value is -3.05. The predicted octanol–water partition coefficient (Wildman–Crippen LogP) is 5.52. The Labute approximate surface area is 203 Å². The molecule has 0 heterocycles. The van der Waals surface area contributed by atoms with Gasteiger partial charge in [0.25, 0.3) is 15.9 Å². The second-order valence-electron chi connectivity index (χ2n) is 7.29. The molecule has 180 valence electrons. The van der Waals surface area contributed by atoms with E-state index in [1.807, 2.05) is 31.2 Å². The van der Waals surface area contributed by atoms with Crippen molar-refractivity contribution in [3.8, 4) is 5.75 Å². The summed E-state index contributed by atoms with van der Waals surface area (Å²) < 4.78 is 72.0. The van der Waals surface area contributed by atoms with Gasteiger partial charge in [-0.05, 0) is 67.1 Å². The number of nitrogens with one attached hydrogen (secondary N) is 2. The van der Waals surface area contributed by atoms with Crippen LogP contribution in [0.5, 0.6) is 5.75 Å².